The van der Waals surface area contributed by atoms with Gasteiger partial charge in [-0.2, -0.15) is 0 Å². The number of nitrogens with zero attached hydrogens (tertiary/aromatic N) is 4. The molecule has 96 heavy (non-hydrogen) atoms. The van der Waals surface area contributed by atoms with E-state index in [1.165, 1.54) is 22.3 Å². The third-order valence-corrected chi connectivity index (χ3v) is 27.2. The van der Waals surface area contributed by atoms with E-state index in [0.717, 1.165) is 96.8 Å². The maximum atomic E-state index is 13.5. The molecule has 2 fully saturated rings. The van der Waals surface area contributed by atoms with E-state index in [9.17, 15) is 36.6 Å². The van der Waals surface area contributed by atoms with Gasteiger partial charge in [0.25, 0.3) is 11.8 Å². The topological polar surface area (TPSA) is 218 Å². The number of carbonyl (C=O) groups excluding carboxylic acids is 2. The molecule has 4 bridgehead atoms. The number of hydrogen-bond donors (Lipinski definition) is 4. The molecule has 4 aliphatic heterocycles. The van der Waals surface area contributed by atoms with Crippen LogP contribution in [0, 0.1) is 49.4 Å². The van der Waals surface area contributed by atoms with Crippen LogP contribution < -0.4 is 28.7 Å². The molecule has 2 spiro atoms. The average molecular weight is 1380 g/mol. The molecule has 2 aromatic heterocycles. The van der Waals surface area contributed by atoms with E-state index < -0.39 is 53.6 Å². The van der Waals surface area contributed by atoms with Crippen LogP contribution in [0.2, 0.25) is 10.0 Å². The Balaban J connectivity index is 0.000000174. The van der Waals surface area contributed by atoms with E-state index in [0.29, 0.717) is 75.1 Å². The number of aliphatic hydroxyl groups is 2. The lowest BCUT2D eigenvalue weighted by molar-refractivity contribution is -0.0531. The zero-order chi connectivity index (χ0) is 67.7. The summed E-state index contributed by atoms with van der Waals surface area (Å²) in [7, 11) is -7.99. The number of halogens is 2. The van der Waals surface area contributed by atoms with Gasteiger partial charge in [-0.25, -0.2) is 26.3 Å². The number of fused-ring (bicyclic) bond motifs is 8. The maximum absolute atomic E-state index is 13.5. The van der Waals surface area contributed by atoms with Crippen molar-refractivity contribution in [2.24, 2.45) is 35.5 Å². The van der Waals surface area contributed by atoms with Crippen molar-refractivity contribution in [1.82, 2.24) is 19.4 Å². The first-order valence-electron chi connectivity index (χ1n) is 34.2. The van der Waals surface area contributed by atoms with Gasteiger partial charge < -0.3 is 29.5 Å². The van der Waals surface area contributed by atoms with Crippen LogP contribution in [0.4, 0.5) is 11.4 Å². The summed E-state index contributed by atoms with van der Waals surface area (Å²) in [6.45, 7) is 14.4. The Hall–Kier alpha value is -6.80. The summed E-state index contributed by atoms with van der Waals surface area (Å²) < 4.78 is 71.6. The van der Waals surface area contributed by atoms with Crippen molar-refractivity contribution < 1.29 is 46.1 Å². The minimum Gasteiger partial charge on any atom is -0.490 e. The number of carbonyl (C=O) groups is 2. The van der Waals surface area contributed by atoms with Crippen molar-refractivity contribution in [1.29, 1.82) is 0 Å². The van der Waals surface area contributed by atoms with Crippen LogP contribution in [0.1, 0.15) is 157 Å². The van der Waals surface area contributed by atoms with Crippen molar-refractivity contribution in [3.05, 3.63) is 200 Å². The fraction of sp³-hybridized carbons (Fsp3) is 0.474. The molecule has 2 saturated carbocycles. The van der Waals surface area contributed by atoms with E-state index in [1.54, 1.807) is 62.6 Å². The van der Waals surface area contributed by atoms with E-state index >= 15 is 0 Å². The van der Waals surface area contributed by atoms with Gasteiger partial charge in [0.2, 0.25) is 20.0 Å². The van der Waals surface area contributed by atoms with Crippen molar-refractivity contribution in [2.75, 3.05) is 49.2 Å². The highest BCUT2D eigenvalue weighted by atomic mass is 35.5. The van der Waals surface area contributed by atoms with Gasteiger partial charge in [0.15, 0.2) is 0 Å². The minimum atomic E-state index is -3.99. The number of aromatic nitrogens is 2. The molecule has 16 nitrogen and oxygen atoms in total. The number of hydrogen-bond acceptors (Lipinski definition) is 14. The molecule has 4 aromatic carbocycles. The predicted octanol–water partition coefficient (Wildman–Crippen LogP) is 12.9. The van der Waals surface area contributed by atoms with Gasteiger partial charge in [0, 0.05) is 82.4 Å². The first-order valence-corrected chi connectivity index (χ1v) is 38.0. The molecule has 8 aliphatic rings. The van der Waals surface area contributed by atoms with Crippen LogP contribution in [0.15, 0.2) is 134 Å². The molecule has 6 heterocycles. The van der Waals surface area contributed by atoms with Crippen LogP contribution >= 0.6 is 23.2 Å². The Bertz CT molecular complexity index is 4000. The molecule has 6 aromatic rings. The largest absolute Gasteiger partial charge is 0.490 e. The monoisotopic (exact) mass is 1380 g/mol. The zero-order valence-electron chi connectivity index (χ0n) is 55.6. The van der Waals surface area contributed by atoms with Gasteiger partial charge in [-0.3, -0.25) is 19.6 Å². The quantitative estimate of drug-likeness (QED) is 0.119. The summed E-state index contributed by atoms with van der Waals surface area (Å²) in [6, 6.07) is 30.5. The number of aryl methyl sites for hydroxylation is 4. The van der Waals surface area contributed by atoms with Gasteiger partial charge in [0.1, 0.15) is 22.7 Å². The Morgan fingerprint density at radius 1 is 0.552 bits per heavy atom. The van der Waals surface area contributed by atoms with Crippen LogP contribution in [0.25, 0.3) is 0 Å². The molecule has 4 N–H and O–H groups in total. The molecular formula is C76H88Cl2N6O10S2. The first kappa shape index (κ1) is 67.8. The maximum Gasteiger partial charge on any atom is 0.264 e. The van der Waals surface area contributed by atoms with Gasteiger partial charge in [-0.1, -0.05) is 85.6 Å². The Kier molecular flexibility index (Phi) is 18.7. The van der Waals surface area contributed by atoms with Crippen LogP contribution in [0.5, 0.6) is 11.5 Å². The molecule has 0 saturated heterocycles. The lowest BCUT2D eigenvalue weighted by Crippen LogP contribution is -2.51. The lowest BCUT2D eigenvalue weighted by atomic mass is 9.63. The van der Waals surface area contributed by atoms with Crippen LogP contribution in [-0.2, 0) is 54.9 Å². The third kappa shape index (κ3) is 13.0. The number of allylic oxidation sites excluding steroid dienone is 2. The molecule has 12 atom stereocenters. The van der Waals surface area contributed by atoms with E-state index in [4.69, 9.17) is 42.6 Å². The van der Waals surface area contributed by atoms with E-state index in [-0.39, 0.29) is 57.5 Å². The molecule has 4 aliphatic carbocycles. The summed E-state index contributed by atoms with van der Waals surface area (Å²) in [6.07, 6.45) is 21.1. The smallest absolute Gasteiger partial charge is 0.264 e. The Morgan fingerprint density at radius 2 is 0.969 bits per heavy atom. The fourth-order valence-electron chi connectivity index (χ4n) is 16.5. The van der Waals surface area contributed by atoms with E-state index in [1.807, 2.05) is 88.4 Å². The molecule has 0 unspecified atom stereocenters. The molecule has 2 amide bonds. The number of amides is 2. The van der Waals surface area contributed by atoms with Gasteiger partial charge in [-0.15, -0.1) is 0 Å². The second-order valence-corrected chi connectivity index (χ2v) is 34.1. The molecule has 20 heteroatoms. The highest BCUT2D eigenvalue weighted by Gasteiger charge is 2.52. The fourth-order valence-corrected chi connectivity index (χ4v) is 19.5. The zero-order valence-corrected chi connectivity index (χ0v) is 58.7. The highest BCUT2D eigenvalue weighted by molar-refractivity contribution is 7.91. The average Bonchev–Trinajstić information content (AvgIpc) is 1.33. The summed E-state index contributed by atoms with van der Waals surface area (Å²) in [5.41, 5.74) is 6.88. The second kappa shape index (κ2) is 26.5. The predicted molar refractivity (Wildman–Crippen MR) is 376 cm³/mol. The Labute approximate surface area is 575 Å². The number of sulfonamides is 2. The Morgan fingerprint density at radius 3 is 1.34 bits per heavy atom. The molecule has 14 rings (SSSR count). The van der Waals surface area contributed by atoms with Crippen molar-refractivity contribution in [2.45, 2.75) is 151 Å². The molecule has 0 radical (unpaired) electrons. The standard InChI is InChI=1S/2C38H44ClN3O5S/c2*1-24-8-15-35(40-20-24)38(44)17-4-6-25(2)26(3)48(45,46)41-36(43)28-10-14-34-33(19-28)42(21-29-9-12-32(29)38)22-37(23-47-34)16-5-7-27-18-30(39)11-13-31(27)37/h2*4,8,10-11,13-15,17-20,25-26,29,32,44H,5-7,9,12,16,21-23H2,1-3H3,(H,41,43)/b2*17-4+/t25-,26+,29-,32+,37-,38+;25-,26+,29-,32+,37-,38-/m00/s1. The first-order chi connectivity index (χ1) is 45.8. The number of nitrogens with one attached hydrogen (secondary N) is 2. The van der Waals surface area contributed by atoms with Crippen molar-refractivity contribution in [3.63, 3.8) is 0 Å². The number of ether oxygens (including phenoxy) is 2. The van der Waals surface area contributed by atoms with Crippen molar-refractivity contribution >= 4 is 66.4 Å². The van der Waals surface area contributed by atoms with Crippen LogP contribution in [0.3, 0.4) is 0 Å². The number of rotatable bonds is 2. The minimum absolute atomic E-state index is 0.110. The molecular weight excluding hydrogens is 1290 g/mol. The van der Waals surface area contributed by atoms with E-state index in [2.05, 4.69) is 43.5 Å². The van der Waals surface area contributed by atoms with Gasteiger partial charge in [-0.05, 0) is 235 Å². The molecule has 508 valence electrons. The third-order valence-electron chi connectivity index (χ3n) is 22.9. The normalized spacial score (nSPS) is 32.1. The number of anilines is 2. The van der Waals surface area contributed by atoms with Gasteiger partial charge >= 0.3 is 0 Å². The summed E-state index contributed by atoms with van der Waals surface area (Å²) in [5, 5.41) is 24.9. The van der Waals surface area contributed by atoms with Crippen molar-refractivity contribution in [3.8, 4) is 11.5 Å². The summed E-state index contributed by atoms with van der Waals surface area (Å²) >= 11 is 12.9. The highest BCUT2D eigenvalue weighted by Crippen LogP contribution is 2.53. The summed E-state index contributed by atoms with van der Waals surface area (Å²) in [5.74, 6) is -0.596. The number of benzene rings is 4. The summed E-state index contributed by atoms with van der Waals surface area (Å²) in [4.78, 5) is 41.1. The van der Waals surface area contributed by atoms with Gasteiger partial charge in [0.05, 0.1) is 46.5 Å². The van der Waals surface area contributed by atoms with Crippen LogP contribution in [-0.4, -0.2) is 98.7 Å². The lowest BCUT2D eigenvalue weighted by Gasteiger charge is -2.49. The SMILES string of the molecule is Cc1ccc([C@@]2(O)/C=C/C[C@H](C)[C@@H](C)S(=O)(=O)NC(=O)c3ccc4c(c3)N(C[C@@H]3CC[C@H]32)C[C@@]2(CCCc3cc(Cl)ccc32)CO4)nc1.Cc1ccc([C@]2(O)/C=C/C[C@H](C)[C@@H](C)S(=O)(=O)NC(=O)c3ccc4c(c3)N(C[C@@H]3CC[C@H]32)C[C@@]2(CCCc3cc(Cl)ccc32)CO4)nc1. The second-order valence-electron chi connectivity index (χ2n) is 29.1. The number of pyridine rings is 2.